The van der Waals surface area contributed by atoms with Crippen LogP contribution in [-0.4, -0.2) is 17.7 Å². The molecular weight excluding hydrogens is 230 g/mol. The van der Waals surface area contributed by atoms with E-state index in [0.29, 0.717) is 15.9 Å². The summed E-state index contributed by atoms with van der Waals surface area (Å²) in [5, 5.41) is 10.6. The Kier molecular flexibility index (Phi) is 3.64. The second-order valence-electron chi connectivity index (χ2n) is 2.37. The van der Waals surface area contributed by atoms with Crippen LogP contribution < -0.4 is 5.32 Å². The fourth-order valence-electron chi connectivity index (χ4n) is 0.832. The van der Waals surface area contributed by atoms with Gasteiger partial charge >= 0.3 is 0 Å². The SMILES string of the molecule is CN/C=C(/Br)C(=N)c1ccccn1. The molecule has 1 heterocycles. The summed E-state index contributed by atoms with van der Waals surface area (Å²) in [4.78, 5) is 4.06. The van der Waals surface area contributed by atoms with E-state index in [4.69, 9.17) is 5.41 Å². The average Bonchev–Trinajstić information content (AvgIpc) is 2.18. The van der Waals surface area contributed by atoms with Gasteiger partial charge in [-0.25, -0.2) is 0 Å². The molecule has 0 radical (unpaired) electrons. The van der Waals surface area contributed by atoms with E-state index in [0.717, 1.165) is 0 Å². The number of pyridine rings is 1. The van der Waals surface area contributed by atoms with E-state index in [1.807, 2.05) is 12.1 Å². The van der Waals surface area contributed by atoms with Gasteiger partial charge in [0.15, 0.2) is 0 Å². The summed E-state index contributed by atoms with van der Waals surface area (Å²) >= 11 is 3.27. The van der Waals surface area contributed by atoms with Gasteiger partial charge in [-0.15, -0.1) is 0 Å². The number of nitrogens with one attached hydrogen (secondary N) is 2. The lowest BCUT2D eigenvalue weighted by Gasteiger charge is -2.00. The van der Waals surface area contributed by atoms with Crippen molar-refractivity contribution in [3.05, 3.63) is 40.8 Å². The van der Waals surface area contributed by atoms with Gasteiger partial charge in [0.25, 0.3) is 0 Å². The van der Waals surface area contributed by atoms with Crippen molar-refractivity contribution in [1.82, 2.24) is 10.3 Å². The minimum atomic E-state index is 0.370. The van der Waals surface area contributed by atoms with E-state index in [-0.39, 0.29) is 0 Å². The molecule has 0 unspecified atom stereocenters. The van der Waals surface area contributed by atoms with Crippen LogP contribution in [0.3, 0.4) is 0 Å². The first kappa shape index (κ1) is 9.92. The average molecular weight is 240 g/mol. The highest BCUT2D eigenvalue weighted by atomic mass is 79.9. The summed E-state index contributed by atoms with van der Waals surface area (Å²) in [5.74, 6) is 0. The summed E-state index contributed by atoms with van der Waals surface area (Å²) < 4.78 is 0.689. The van der Waals surface area contributed by atoms with Crippen molar-refractivity contribution >= 4 is 21.6 Å². The van der Waals surface area contributed by atoms with Gasteiger partial charge in [-0.1, -0.05) is 6.07 Å². The lowest BCUT2D eigenvalue weighted by atomic mass is 10.2. The molecule has 0 aliphatic carbocycles. The number of rotatable bonds is 3. The number of nitrogens with zero attached hydrogens (tertiary/aromatic N) is 1. The van der Waals surface area contributed by atoms with Gasteiger partial charge in [0, 0.05) is 19.4 Å². The monoisotopic (exact) mass is 239 g/mol. The van der Waals surface area contributed by atoms with Crippen molar-refractivity contribution < 1.29 is 0 Å². The minimum Gasteiger partial charge on any atom is -0.393 e. The summed E-state index contributed by atoms with van der Waals surface area (Å²) in [6, 6.07) is 5.48. The van der Waals surface area contributed by atoms with Gasteiger partial charge in [-0.2, -0.15) is 0 Å². The first-order valence-electron chi connectivity index (χ1n) is 3.79. The zero-order valence-corrected chi connectivity index (χ0v) is 8.80. The second-order valence-corrected chi connectivity index (χ2v) is 3.23. The Bertz CT molecular complexity index is 319. The molecule has 0 aliphatic rings. The van der Waals surface area contributed by atoms with E-state index in [2.05, 4.69) is 26.2 Å². The topological polar surface area (TPSA) is 48.8 Å². The normalized spacial score (nSPS) is 11.1. The molecule has 0 bridgehead atoms. The first-order valence-corrected chi connectivity index (χ1v) is 4.58. The van der Waals surface area contributed by atoms with Crippen LogP contribution in [0.5, 0.6) is 0 Å². The highest BCUT2D eigenvalue weighted by Gasteiger charge is 2.04. The third-order valence-corrected chi connectivity index (χ3v) is 2.06. The number of halogens is 1. The van der Waals surface area contributed by atoms with Gasteiger partial charge in [0.1, 0.15) is 0 Å². The number of hydrogen-bond acceptors (Lipinski definition) is 3. The molecule has 0 saturated heterocycles. The van der Waals surface area contributed by atoms with Crippen molar-refractivity contribution in [1.29, 1.82) is 5.41 Å². The molecular formula is C9H10BrN3. The quantitative estimate of drug-likeness (QED) is 0.793. The maximum atomic E-state index is 7.72. The first-order chi connectivity index (χ1) is 6.25. The van der Waals surface area contributed by atoms with Crippen LogP contribution in [0.4, 0.5) is 0 Å². The maximum Gasteiger partial charge on any atom is 0.0953 e. The molecule has 2 N–H and O–H groups in total. The molecule has 68 valence electrons. The van der Waals surface area contributed by atoms with Gasteiger partial charge < -0.3 is 5.32 Å². The largest absolute Gasteiger partial charge is 0.393 e. The van der Waals surface area contributed by atoms with Gasteiger partial charge in [-0.3, -0.25) is 10.4 Å². The van der Waals surface area contributed by atoms with E-state index >= 15 is 0 Å². The van der Waals surface area contributed by atoms with Crippen LogP contribution in [0, 0.1) is 5.41 Å². The third-order valence-electron chi connectivity index (χ3n) is 1.43. The number of aromatic nitrogens is 1. The van der Waals surface area contributed by atoms with Gasteiger partial charge in [-0.05, 0) is 28.1 Å². The Morgan fingerprint density at radius 3 is 2.92 bits per heavy atom. The van der Waals surface area contributed by atoms with Crippen LogP contribution in [0.25, 0.3) is 0 Å². The van der Waals surface area contributed by atoms with Crippen LogP contribution in [0.15, 0.2) is 35.1 Å². The summed E-state index contributed by atoms with van der Waals surface area (Å²) in [5.41, 5.74) is 1.02. The maximum absolute atomic E-state index is 7.72. The predicted octanol–water partition coefficient (Wildman–Crippen LogP) is 1.91. The third kappa shape index (κ3) is 2.66. The number of hydrogen-bond donors (Lipinski definition) is 2. The molecule has 0 atom stereocenters. The van der Waals surface area contributed by atoms with E-state index in [1.54, 1.807) is 25.5 Å². The zero-order chi connectivity index (χ0) is 9.68. The molecule has 1 rings (SSSR count). The van der Waals surface area contributed by atoms with Crippen molar-refractivity contribution in [3.63, 3.8) is 0 Å². The van der Waals surface area contributed by atoms with E-state index in [1.165, 1.54) is 0 Å². The summed E-state index contributed by atoms with van der Waals surface area (Å²) in [7, 11) is 1.78. The van der Waals surface area contributed by atoms with Crippen LogP contribution in [0.1, 0.15) is 5.69 Å². The van der Waals surface area contributed by atoms with Gasteiger partial charge in [0.2, 0.25) is 0 Å². The Labute approximate surface area is 85.5 Å². The molecule has 0 saturated carbocycles. The Hall–Kier alpha value is -1.16. The molecule has 0 fully saturated rings. The molecule has 0 spiro atoms. The standard InChI is InChI=1S/C9H10BrN3/c1-12-6-7(10)9(11)8-4-2-3-5-13-8/h2-6,11-12H,1H3/b7-6+,11-9?. The fourth-order valence-corrected chi connectivity index (χ4v) is 1.26. The van der Waals surface area contributed by atoms with E-state index < -0.39 is 0 Å². The summed E-state index contributed by atoms with van der Waals surface area (Å²) in [6.45, 7) is 0. The number of allylic oxidation sites excluding steroid dienone is 1. The minimum absolute atomic E-state index is 0.370. The van der Waals surface area contributed by atoms with Crippen LogP contribution in [0.2, 0.25) is 0 Å². The lowest BCUT2D eigenvalue weighted by molar-refractivity contribution is 1.10. The smallest absolute Gasteiger partial charge is 0.0953 e. The predicted molar refractivity (Wildman–Crippen MR) is 57.1 cm³/mol. The molecule has 1 aromatic heterocycles. The van der Waals surface area contributed by atoms with Crippen LogP contribution in [-0.2, 0) is 0 Å². The molecule has 4 heteroatoms. The molecule has 0 aliphatic heterocycles. The lowest BCUT2D eigenvalue weighted by Crippen LogP contribution is -2.04. The van der Waals surface area contributed by atoms with Crippen molar-refractivity contribution in [2.45, 2.75) is 0 Å². The van der Waals surface area contributed by atoms with Crippen LogP contribution >= 0.6 is 15.9 Å². The van der Waals surface area contributed by atoms with Gasteiger partial charge in [0.05, 0.1) is 15.9 Å². The van der Waals surface area contributed by atoms with Crippen molar-refractivity contribution in [2.75, 3.05) is 7.05 Å². The zero-order valence-electron chi connectivity index (χ0n) is 7.21. The molecule has 1 aromatic rings. The molecule has 0 aromatic carbocycles. The molecule has 0 amide bonds. The highest BCUT2D eigenvalue weighted by molar-refractivity contribution is 9.12. The molecule has 13 heavy (non-hydrogen) atoms. The van der Waals surface area contributed by atoms with Crippen molar-refractivity contribution in [3.8, 4) is 0 Å². The Morgan fingerprint density at radius 2 is 2.38 bits per heavy atom. The Balaban J connectivity index is 2.86. The summed E-state index contributed by atoms with van der Waals surface area (Å²) in [6.07, 6.45) is 3.38. The second kappa shape index (κ2) is 4.77. The Morgan fingerprint density at radius 1 is 1.62 bits per heavy atom. The highest BCUT2D eigenvalue weighted by Crippen LogP contribution is 2.10. The fraction of sp³-hybridized carbons (Fsp3) is 0.111. The van der Waals surface area contributed by atoms with E-state index in [9.17, 15) is 0 Å². The molecule has 3 nitrogen and oxygen atoms in total. The van der Waals surface area contributed by atoms with Crippen molar-refractivity contribution in [2.24, 2.45) is 0 Å².